The van der Waals surface area contributed by atoms with Crippen LogP contribution in [0.5, 0.6) is 0 Å². The second-order valence-electron chi connectivity index (χ2n) is 3.19. The molecule has 62 valence electrons. The maximum Gasteiger partial charge on any atom is 0.249 e. The molecule has 0 spiro atoms. The van der Waals surface area contributed by atoms with Gasteiger partial charge < -0.3 is 5.32 Å². The van der Waals surface area contributed by atoms with Crippen LogP contribution in [0, 0.1) is 0 Å². The van der Waals surface area contributed by atoms with Crippen molar-refractivity contribution in [2.75, 3.05) is 0 Å². The first-order chi connectivity index (χ1) is 6.34. The van der Waals surface area contributed by atoms with E-state index < -0.39 is 0 Å². The highest BCUT2D eigenvalue weighted by Crippen LogP contribution is 2.35. The molecule has 1 N–H and O–H groups in total. The number of rotatable bonds is 0. The Labute approximate surface area is 75.6 Å². The predicted molar refractivity (Wildman–Crippen MR) is 50.5 cm³/mol. The number of allylic oxidation sites excluding steroid dienone is 1. The molecule has 1 aliphatic carbocycles. The summed E-state index contributed by atoms with van der Waals surface area (Å²) in [6.45, 7) is 0. The minimum absolute atomic E-state index is 0.0178. The molecule has 0 aromatic heterocycles. The number of carbonyl (C=O) groups is 1. The van der Waals surface area contributed by atoms with Gasteiger partial charge in [-0.1, -0.05) is 24.3 Å². The summed E-state index contributed by atoms with van der Waals surface area (Å²) in [6, 6.07) is 8.07. The van der Waals surface area contributed by atoms with Gasteiger partial charge in [0.2, 0.25) is 5.91 Å². The van der Waals surface area contributed by atoms with Crippen LogP contribution in [0.1, 0.15) is 11.1 Å². The summed E-state index contributed by atoms with van der Waals surface area (Å²) in [5.74, 6) is -0.0178. The third-order valence-corrected chi connectivity index (χ3v) is 2.37. The number of fused-ring (bicyclic) bond motifs is 3. The van der Waals surface area contributed by atoms with E-state index in [1.54, 1.807) is 6.08 Å². The van der Waals surface area contributed by atoms with Gasteiger partial charge in [-0.15, -0.1) is 0 Å². The van der Waals surface area contributed by atoms with Crippen molar-refractivity contribution in [2.45, 2.75) is 0 Å². The van der Waals surface area contributed by atoms with E-state index in [4.69, 9.17) is 0 Å². The van der Waals surface area contributed by atoms with Crippen LogP contribution in [0.4, 0.5) is 0 Å². The van der Waals surface area contributed by atoms with Gasteiger partial charge in [-0.3, -0.25) is 4.79 Å². The highest BCUT2D eigenvalue weighted by molar-refractivity contribution is 6.12. The van der Waals surface area contributed by atoms with E-state index in [2.05, 4.69) is 5.32 Å². The molecule has 0 atom stereocenters. The number of hydrogen-bond donors (Lipinski definition) is 1. The van der Waals surface area contributed by atoms with E-state index in [0.717, 1.165) is 16.8 Å². The summed E-state index contributed by atoms with van der Waals surface area (Å²) in [5, 5.41) is 2.79. The molecular formula is C11H7NO. The molecule has 1 aromatic carbocycles. The normalized spacial score (nSPS) is 17.4. The lowest BCUT2D eigenvalue weighted by atomic mass is 10.1. The van der Waals surface area contributed by atoms with Crippen molar-refractivity contribution in [1.82, 2.24) is 5.32 Å². The largest absolute Gasteiger partial charge is 0.322 e. The fourth-order valence-corrected chi connectivity index (χ4v) is 1.81. The van der Waals surface area contributed by atoms with Crippen molar-refractivity contribution in [3.05, 3.63) is 47.2 Å². The topological polar surface area (TPSA) is 29.1 Å². The van der Waals surface area contributed by atoms with Crippen molar-refractivity contribution < 1.29 is 4.79 Å². The van der Waals surface area contributed by atoms with Gasteiger partial charge in [-0.05, 0) is 17.2 Å². The van der Waals surface area contributed by atoms with Crippen molar-refractivity contribution in [3.8, 4) is 0 Å². The lowest BCUT2D eigenvalue weighted by molar-refractivity contribution is -0.115. The summed E-state index contributed by atoms with van der Waals surface area (Å²) in [4.78, 5) is 11.0. The third kappa shape index (κ3) is 0.798. The van der Waals surface area contributed by atoms with Gasteiger partial charge in [0.05, 0.1) is 0 Å². The summed E-state index contributed by atoms with van der Waals surface area (Å²) in [7, 11) is 0. The highest BCUT2D eigenvalue weighted by Gasteiger charge is 2.24. The molecule has 1 heterocycles. The third-order valence-electron chi connectivity index (χ3n) is 2.37. The van der Waals surface area contributed by atoms with Crippen LogP contribution >= 0.6 is 0 Å². The van der Waals surface area contributed by atoms with Crippen LogP contribution in [0.15, 0.2) is 36.0 Å². The van der Waals surface area contributed by atoms with Gasteiger partial charge in [0.15, 0.2) is 0 Å². The fourth-order valence-electron chi connectivity index (χ4n) is 1.81. The molecule has 0 radical (unpaired) electrons. The zero-order valence-corrected chi connectivity index (χ0v) is 6.87. The molecule has 1 aromatic rings. The molecule has 0 fully saturated rings. The lowest BCUT2D eigenvalue weighted by Crippen LogP contribution is -2.12. The molecule has 2 heteroatoms. The molecule has 1 aliphatic heterocycles. The van der Waals surface area contributed by atoms with Crippen LogP contribution in [-0.4, -0.2) is 5.91 Å². The van der Waals surface area contributed by atoms with Crippen molar-refractivity contribution in [3.63, 3.8) is 0 Å². The molecule has 0 saturated heterocycles. The predicted octanol–water partition coefficient (Wildman–Crippen LogP) is 1.55. The summed E-state index contributed by atoms with van der Waals surface area (Å²) in [5.41, 5.74) is 4.30. The number of carbonyl (C=O) groups excluding carboxylic acids is 1. The van der Waals surface area contributed by atoms with E-state index in [1.807, 2.05) is 30.3 Å². The minimum atomic E-state index is -0.0178. The van der Waals surface area contributed by atoms with Crippen molar-refractivity contribution in [1.29, 1.82) is 0 Å². The Hall–Kier alpha value is -1.83. The first-order valence-corrected chi connectivity index (χ1v) is 4.19. The van der Waals surface area contributed by atoms with E-state index in [-0.39, 0.29) is 5.91 Å². The molecule has 0 saturated carbocycles. The maximum atomic E-state index is 11.0. The Morgan fingerprint density at radius 2 is 1.92 bits per heavy atom. The van der Waals surface area contributed by atoms with Gasteiger partial charge in [-0.25, -0.2) is 0 Å². The lowest BCUT2D eigenvalue weighted by Gasteiger charge is -1.97. The van der Waals surface area contributed by atoms with Gasteiger partial charge in [0.1, 0.15) is 0 Å². The Kier molecular flexibility index (Phi) is 1.08. The second kappa shape index (κ2) is 2.10. The Balaban J connectivity index is 2.28. The first-order valence-electron chi connectivity index (χ1n) is 4.19. The number of hydrogen-bond acceptors (Lipinski definition) is 1. The molecule has 2 aliphatic rings. The van der Waals surface area contributed by atoms with E-state index >= 15 is 0 Å². The molecular weight excluding hydrogens is 162 g/mol. The SMILES string of the molecule is O=C1C=C2C(=Cc3ccccc32)N1. The highest BCUT2D eigenvalue weighted by atomic mass is 16.1. The molecule has 13 heavy (non-hydrogen) atoms. The van der Waals surface area contributed by atoms with Crippen LogP contribution in [0.25, 0.3) is 11.6 Å². The second-order valence-corrected chi connectivity index (χ2v) is 3.19. The zero-order chi connectivity index (χ0) is 8.84. The summed E-state index contributed by atoms with van der Waals surface area (Å²) >= 11 is 0. The Morgan fingerprint density at radius 1 is 1.08 bits per heavy atom. The van der Waals surface area contributed by atoms with Crippen molar-refractivity contribution in [2.24, 2.45) is 0 Å². The van der Waals surface area contributed by atoms with Crippen LogP contribution in [-0.2, 0) is 4.79 Å². The molecule has 1 amide bonds. The quantitative estimate of drug-likeness (QED) is 0.627. The van der Waals surface area contributed by atoms with E-state index in [9.17, 15) is 4.79 Å². The zero-order valence-electron chi connectivity index (χ0n) is 6.87. The molecule has 2 nitrogen and oxygen atoms in total. The molecule has 0 bridgehead atoms. The van der Waals surface area contributed by atoms with Crippen LogP contribution in [0.3, 0.4) is 0 Å². The standard InChI is InChI=1S/C11H7NO/c13-11-6-9-8-4-2-1-3-7(8)5-10(9)12-11/h1-6H,(H,12,13). The first kappa shape index (κ1) is 6.66. The van der Waals surface area contributed by atoms with Gasteiger partial charge >= 0.3 is 0 Å². The maximum absolute atomic E-state index is 11.0. The number of benzene rings is 1. The van der Waals surface area contributed by atoms with E-state index in [1.165, 1.54) is 5.56 Å². The monoisotopic (exact) mass is 169 g/mol. The van der Waals surface area contributed by atoms with Crippen LogP contribution < -0.4 is 5.32 Å². The average molecular weight is 169 g/mol. The fraction of sp³-hybridized carbons (Fsp3) is 0. The van der Waals surface area contributed by atoms with Gasteiger partial charge in [0, 0.05) is 17.3 Å². The molecule has 0 unspecified atom stereocenters. The van der Waals surface area contributed by atoms with Gasteiger partial charge in [0.25, 0.3) is 0 Å². The number of nitrogens with one attached hydrogen (secondary N) is 1. The Bertz CT molecular complexity index is 469. The molecule has 3 rings (SSSR count). The van der Waals surface area contributed by atoms with Crippen LogP contribution in [0.2, 0.25) is 0 Å². The average Bonchev–Trinajstić information content (AvgIpc) is 2.60. The summed E-state index contributed by atoms with van der Waals surface area (Å²) < 4.78 is 0. The van der Waals surface area contributed by atoms with E-state index in [0.29, 0.717) is 0 Å². The van der Waals surface area contributed by atoms with Crippen molar-refractivity contribution >= 4 is 17.6 Å². The summed E-state index contributed by atoms with van der Waals surface area (Å²) in [6.07, 6.45) is 3.66. The minimum Gasteiger partial charge on any atom is -0.322 e. The van der Waals surface area contributed by atoms with Gasteiger partial charge in [-0.2, -0.15) is 0 Å². The number of amides is 1. The Morgan fingerprint density at radius 3 is 2.85 bits per heavy atom. The smallest absolute Gasteiger partial charge is 0.249 e.